The van der Waals surface area contributed by atoms with E-state index in [0.717, 1.165) is 56.0 Å². The van der Waals surface area contributed by atoms with Crippen molar-refractivity contribution in [3.63, 3.8) is 0 Å². The smallest absolute Gasteiger partial charge is 0.258 e. The summed E-state index contributed by atoms with van der Waals surface area (Å²) >= 11 is 0. The highest BCUT2D eigenvalue weighted by molar-refractivity contribution is 5.85. The molecule has 1 saturated heterocycles. The molecule has 2 aromatic rings. The molecule has 1 aliphatic rings. The van der Waals surface area contributed by atoms with E-state index in [4.69, 9.17) is 0 Å². The van der Waals surface area contributed by atoms with Gasteiger partial charge < -0.3 is 5.32 Å². The molecule has 0 atom stereocenters. The zero-order chi connectivity index (χ0) is 13.9. The van der Waals surface area contributed by atoms with Gasteiger partial charge in [-0.3, -0.25) is 14.1 Å². The standard InChI is InChI=1S/C15H20N4O.ClH/c1-12-3-4-14-17-13(9-15(20)19(14)10-12)11-18-7-2-5-16-6-8-18;/h3-4,9-10,16H,2,5-8,11H2,1H3;1H. The number of nitrogens with zero attached hydrogens (tertiary/aromatic N) is 3. The van der Waals surface area contributed by atoms with Gasteiger partial charge in [-0.25, -0.2) is 4.98 Å². The molecule has 1 fully saturated rings. The van der Waals surface area contributed by atoms with Gasteiger partial charge >= 0.3 is 0 Å². The Hall–Kier alpha value is -1.43. The Morgan fingerprint density at radius 3 is 3.00 bits per heavy atom. The molecule has 0 radical (unpaired) electrons. The van der Waals surface area contributed by atoms with Crippen LogP contribution in [0.1, 0.15) is 17.7 Å². The summed E-state index contributed by atoms with van der Waals surface area (Å²) in [5.41, 5.74) is 2.65. The second-order valence-electron chi connectivity index (χ2n) is 5.40. The minimum Gasteiger partial charge on any atom is -0.315 e. The molecule has 0 aromatic carbocycles. The first-order chi connectivity index (χ1) is 9.72. The van der Waals surface area contributed by atoms with Crippen LogP contribution >= 0.6 is 12.4 Å². The van der Waals surface area contributed by atoms with Gasteiger partial charge in [-0.2, -0.15) is 0 Å². The van der Waals surface area contributed by atoms with Gasteiger partial charge in [0.15, 0.2) is 0 Å². The number of hydrogen-bond acceptors (Lipinski definition) is 4. The minimum atomic E-state index is 0. The zero-order valence-electron chi connectivity index (χ0n) is 12.2. The van der Waals surface area contributed by atoms with Gasteiger partial charge in [-0.1, -0.05) is 6.07 Å². The molecular weight excluding hydrogens is 288 g/mol. The van der Waals surface area contributed by atoms with E-state index < -0.39 is 0 Å². The molecule has 0 saturated carbocycles. The number of aryl methyl sites for hydroxylation is 1. The second-order valence-corrected chi connectivity index (χ2v) is 5.40. The van der Waals surface area contributed by atoms with Crippen LogP contribution in [0, 0.1) is 6.92 Å². The number of hydrogen-bond donors (Lipinski definition) is 1. The molecule has 5 nitrogen and oxygen atoms in total. The Kier molecular flexibility index (Phi) is 5.33. The Labute approximate surface area is 130 Å². The van der Waals surface area contributed by atoms with Crippen molar-refractivity contribution in [1.82, 2.24) is 19.6 Å². The van der Waals surface area contributed by atoms with E-state index in [1.165, 1.54) is 0 Å². The topological polar surface area (TPSA) is 49.6 Å². The lowest BCUT2D eigenvalue weighted by Crippen LogP contribution is -2.29. The van der Waals surface area contributed by atoms with E-state index in [2.05, 4.69) is 15.2 Å². The molecule has 6 heteroatoms. The van der Waals surface area contributed by atoms with Crippen LogP contribution in [0.4, 0.5) is 0 Å². The summed E-state index contributed by atoms with van der Waals surface area (Å²) in [4.78, 5) is 19.1. The minimum absolute atomic E-state index is 0. The molecule has 1 N–H and O–H groups in total. The number of nitrogens with one attached hydrogen (secondary N) is 1. The molecule has 0 spiro atoms. The van der Waals surface area contributed by atoms with Gasteiger partial charge in [0.2, 0.25) is 0 Å². The van der Waals surface area contributed by atoms with Crippen LogP contribution in [0.15, 0.2) is 29.2 Å². The van der Waals surface area contributed by atoms with E-state index in [9.17, 15) is 4.79 Å². The number of halogens is 1. The Morgan fingerprint density at radius 2 is 2.14 bits per heavy atom. The molecule has 0 amide bonds. The largest absolute Gasteiger partial charge is 0.315 e. The lowest BCUT2D eigenvalue weighted by Gasteiger charge is -2.18. The van der Waals surface area contributed by atoms with Gasteiger partial charge in [-0.15, -0.1) is 12.4 Å². The van der Waals surface area contributed by atoms with Crippen LogP contribution in [0.5, 0.6) is 0 Å². The Balaban J connectivity index is 0.00000161. The fourth-order valence-electron chi connectivity index (χ4n) is 2.63. The number of pyridine rings is 1. The van der Waals surface area contributed by atoms with E-state index in [1.54, 1.807) is 10.5 Å². The molecule has 0 bridgehead atoms. The fourth-order valence-corrected chi connectivity index (χ4v) is 2.63. The van der Waals surface area contributed by atoms with Crippen LogP contribution < -0.4 is 10.9 Å². The first-order valence-electron chi connectivity index (χ1n) is 7.14. The molecule has 21 heavy (non-hydrogen) atoms. The number of aromatic nitrogens is 2. The predicted molar refractivity (Wildman–Crippen MR) is 86.2 cm³/mol. The zero-order valence-corrected chi connectivity index (χ0v) is 13.0. The lowest BCUT2D eigenvalue weighted by atomic mass is 10.3. The highest BCUT2D eigenvalue weighted by atomic mass is 35.5. The third-order valence-corrected chi connectivity index (χ3v) is 3.68. The van der Waals surface area contributed by atoms with Crippen LogP contribution in [-0.4, -0.2) is 40.5 Å². The molecule has 2 aromatic heterocycles. The van der Waals surface area contributed by atoms with Gasteiger partial charge in [0.25, 0.3) is 5.56 Å². The van der Waals surface area contributed by atoms with E-state index in [1.807, 2.05) is 25.3 Å². The lowest BCUT2D eigenvalue weighted by molar-refractivity contribution is 0.281. The second kappa shape index (κ2) is 7.02. The Morgan fingerprint density at radius 1 is 1.29 bits per heavy atom. The molecular formula is C15H21ClN4O. The molecule has 1 aliphatic heterocycles. The summed E-state index contributed by atoms with van der Waals surface area (Å²) < 4.78 is 1.61. The maximum Gasteiger partial charge on any atom is 0.258 e. The first kappa shape index (κ1) is 15.9. The summed E-state index contributed by atoms with van der Waals surface area (Å²) in [5, 5.41) is 3.38. The van der Waals surface area contributed by atoms with Crippen molar-refractivity contribution in [3.05, 3.63) is 46.0 Å². The van der Waals surface area contributed by atoms with Gasteiger partial charge in [0.05, 0.1) is 5.69 Å². The normalized spacial score (nSPS) is 16.4. The van der Waals surface area contributed by atoms with Gasteiger partial charge in [0.1, 0.15) is 5.65 Å². The summed E-state index contributed by atoms with van der Waals surface area (Å²) in [5.74, 6) is 0. The van der Waals surface area contributed by atoms with Crippen molar-refractivity contribution in [2.24, 2.45) is 0 Å². The van der Waals surface area contributed by atoms with Crippen molar-refractivity contribution in [2.75, 3.05) is 26.2 Å². The molecule has 0 aliphatic carbocycles. The van der Waals surface area contributed by atoms with Crippen molar-refractivity contribution < 1.29 is 0 Å². The molecule has 0 unspecified atom stereocenters. The molecule has 3 heterocycles. The molecule has 114 valence electrons. The van der Waals surface area contributed by atoms with Gasteiger partial charge in [-0.05, 0) is 38.1 Å². The van der Waals surface area contributed by atoms with Crippen molar-refractivity contribution in [2.45, 2.75) is 19.9 Å². The Bertz CT molecular complexity index is 662. The molecule has 3 rings (SSSR count). The fraction of sp³-hybridized carbons (Fsp3) is 0.467. The summed E-state index contributed by atoms with van der Waals surface area (Å²) in [6.45, 7) is 6.87. The number of rotatable bonds is 2. The van der Waals surface area contributed by atoms with Crippen LogP contribution in [-0.2, 0) is 6.54 Å². The van der Waals surface area contributed by atoms with Crippen molar-refractivity contribution in [3.8, 4) is 0 Å². The summed E-state index contributed by atoms with van der Waals surface area (Å²) in [6.07, 6.45) is 2.98. The third kappa shape index (κ3) is 3.81. The highest BCUT2D eigenvalue weighted by Crippen LogP contribution is 2.06. The van der Waals surface area contributed by atoms with E-state index in [-0.39, 0.29) is 18.0 Å². The maximum absolute atomic E-state index is 12.2. The van der Waals surface area contributed by atoms with Crippen LogP contribution in [0.2, 0.25) is 0 Å². The quantitative estimate of drug-likeness (QED) is 0.906. The van der Waals surface area contributed by atoms with Gasteiger partial charge in [0, 0.05) is 31.9 Å². The average Bonchev–Trinajstić information content (AvgIpc) is 2.68. The number of fused-ring (bicyclic) bond motifs is 1. The average molecular weight is 309 g/mol. The maximum atomic E-state index is 12.2. The highest BCUT2D eigenvalue weighted by Gasteiger charge is 2.11. The monoisotopic (exact) mass is 308 g/mol. The predicted octanol–water partition coefficient (Wildman–Crippen LogP) is 1.22. The SMILES string of the molecule is Cc1ccc2nc(CN3CCCNCC3)cc(=O)n2c1.Cl. The van der Waals surface area contributed by atoms with Crippen LogP contribution in [0.25, 0.3) is 5.65 Å². The first-order valence-corrected chi connectivity index (χ1v) is 7.14. The van der Waals surface area contributed by atoms with Crippen molar-refractivity contribution in [1.29, 1.82) is 0 Å². The summed E-state index contributed by atoms with van der Waals surface area (Å²) in [6, 6.07) is 5.55. The summed E-state index contributed by atoms with van der Waals surface area (Å²) in [7, 11) is 0. The van der Waals surface area contributed by atoms with E-state index in [0.29, 0.717) is 0 Å². The van der Waals surface area contributed by atoms with E-state index >= 15 is 0 Å². The van der Waals surface area contributed by atoms with Crippen LogP contribution in [0.3, 0.4) is 0 Å². The third-order valence-electron chi connectivity index (χ3n) is 3.68. The van der Waals surface area contributed by atoms with Crippen molar-refractivity contribution >= 4 is 18.1 Å².